The fraction of sp³-hybridized carbons (Fsp3) is 0.118. The van der Waals surface area contributed by atoms with Crippen molar-refractivity contribution >= 4 is 29.2 Å². The Morgan fingerprint density at radius 2 is 1.95 bits per heavy atom. The van der Waals surface area contributed by atoms with Gasteiger partial charge < -0.3 is 9.84 Å². The van der Waals surface area contributed by atoms with Gasteiger partial charge in [-0.25, -0.2) is 4.79 Å². The Bertz CT molecular complexity index is 705. The molecule has 0 fully saturated rings. The Labute approximate surface area is 128 Å². The summed E-state index contributed by atoms with van der Waals surface area (Å²) in [6, 6.07) is 12.5. The molecule has 0 radical (unpaired) electrons. The molecule has 2 aromatic rings. The fourth-order valence-electron chi connectivity index (χ4n) is 2.03. The number of hydrogen-bond donors (Lipinski definition) is 1. The van der Waals surface area contributed by atoms with E-state index in [1.54, 1.807) is 36.4 Å². The van der Waals surface area contributed by atoms with Gasteiger partial charge in [-0.15, -0.1) is 0 Å². The van der Waals surface area contributed by atoms with Crippen molar-refractivity contribution < 1.29 is 14.6 Å². The maximum absolute atomic E-state index is 11.6. The predicted octanol–water partition coefficient (Wildman–Crippen LogP) is 4.28. The number of benzene rings is 2. The molecule has 0 bridgehead atoms. The topological polar surface area (TPSA) is 46.5 Å². The summed E-state index contributed by atoms with van der Waals surface area (Å²) in [5.74, 6) is -0.514. The monoisotopic (exact) mass is 302 g/mol. The number of aliphatic carboxylic acids is 1. The summed E-state index contributed by atoms with van der Waals surface area (Å²) in [5.41, 5.74) is 2.28. The Hall–Kier alpha value is -2.26. The van der Waals surface area contributed by atoms with Crippen molar-refractivity contribution in [2.75, 3.05) is 7.11 Å². The minimum Gasteiger partial charge on any atom is -0.496 e. The SMILES string of the molecule is COc1ccc(C)cc1/C(=C/c1ccccc1Cl)C(=O)O. The molecule has 0 aliphatic heterocycles. The van der Waals surface area contributed by atoms with Crippen molar-refractivity contribution in [3.8, 4) is 5.75 Å². The standard InChI is InChI=1S/C17H15ClO3/c1-11-7-8-16(21-2)13(9-11)14(17(19)20)10-12-5-3-4-6-15(12)18/h3-10H,1-2H3,(H,19,20)/b14-10-. The molecule has 108 valence electrons. The Balaban J connectivity index is 2.63. The molecule has 0 aromatic heterocycles. The molecule has 1 N–H and O–H groups in total. The summed E-state index contributed by atoms with van der Waals surface area (Å²) in [5, 5.41) is 10.0. The molecule has 0 saturated carbocycles. The molecule has 3 nitrogen and oxygen atoms in total. The van der Waals surface area contributed by atoms with Crippen LogP contribution < -0.4 is 4.74 Å². The van der Waals surface area contributed by atoms with Gasteiger partial charge in [-0.3, -0.25) is 0 Å². The molecule has 2 aromatic carbocycles. The van der Waals surface area contributed by atoms with Crippen LogP contribution in [0.2, 0.25) is 5.02 Å². The zero-order valence-electron chi connectivity index (χ0n) is 11.8. The van der Waals surface area contributed by atoms with Crippen molar-refractivity contribution in [3.63, 3.8) is 0 Å². The lowest BCUT2D eigenvalue weighted by atomic mass is 10.00. The van der Waals surface area contributed by atoms with Crippen LogP contribution in [0, 0.1) is 6.92 Å². The highest BCUT2D eigenvalue weighted by Crippen LogP contribution is 2.30. The van der Waals surface area contributed by atoms with Gasteiger partial charge >= 0.3 is 5.97 Å². The number of carboxylic acid groups (broad SMARTS) is 1. The van der Waals surface area contributed by atoms with Crippen molar-refractivity contribution in [2.45, 2.75) is 6.92 Å². The molecule has 0 saturated heterocycles. The van der Waals surface area contributed by atoms with Gasteiger partial charge in [-0.05, 0) is 36.8 Å². The number of carboxylic acids is 1. The van der Waals surface area contributed by atoms with E-state index in [0.717, 1.165) is 5.56 Å². The summed E-state index contributed by atoms with van der Waals surface area (Å²) >= 11 is 6.10. The maximum atomic E-state index is 11.6. The van der Waals surface area contributed by atoms with E-state index in [4.69, 9.17) is 16.3 Å². The van der Waals surface area contributed by atoms with Crippen LogP contribution in [0.5, 0.6) is 5.75 Å². The largest absolute Gasteiger partial charge is 0.496 e. The number of rotatable bonds is 4. The third-order valence-corrected chi connectivity index (χ3v) is 3.42. The van der Waals surface area contributed by atoms with Crippen LogP contribution in [-0.2, 0) is 4.79 Å². The Morgan fingerprint density at radius 3 is 2.57 bits per heavy atom. The molecular weight excluding hydrogens is 288 g/mol. The van der Waals surface area contributed by atoms with Gasteiger partial charge in [0.25, 0.3) is 0 Å². The molecule has 2 rings (SSSR count). The highest BCUT2D eigenvalue weighted by molar-refractivity contribution is 6.33. The van der Waals surface area contributed by atoms with Gasteiger partial charge in [0, 0.05) is 10.6 Å². The zero-order chi connectivity index (χ0) is 15.4. The van der Waals surface area contributed by atoms with Crippen molar-refractivity contribution in [1.29, 1.82) is 0 Å². The molecule has 0 aliphatic rings. The van der Waals surface area contributed by atoms with Crippen molar-refractivity contribution in [1.82, 2.24) is 0 Å². The predicted molar refractivity (Wildman–Crippen MR) is 84.7 cm³/mol. The van der Waals surface area contributed by atoms with Gasteiger partial charge in [0.2, 0.25) is 0 Å². The van der Waals surface area contributed by atoms with E-state index in [9.17, 15) is 9.90 Å². The quantitative estimate of drug-likeness (QED) is 0.677. The molecule has 0 unspecified atom stereocenters. The number of carbonyl (C=O) groups is 1. The van der Waals surface area contributed by atoms with Crippen LogP contribution in [0.25, 0.3) is 11.6 Å². The smallest absolute Gasteiger partial charge is 0.336 e. The van der Waals surface area contributed by atoms with E-state index in [1.165, 1.54) is 7.11 Å². The average molecular weight is 303 g/mol. The number of aryl methyl sites for hydroxylation is 1. The minimum absolute atomic E-state index is 0.142. The van der Waals surface area contributed by atoms with E-state index in [-0.39, 0.29) is 5.57 Å². The molecule has 0 atom stereocenters. The molecule has 21 heavy (non-hydrogen) atoms. The van der Waals surface area contributed by atoms with Gasteiger partial charge in [0.1, 0.15) is 5.75 Å². The highest BCUT2D eigenvalue weighted by Gasteiger charge is 2.16. The molecular formula is C17H15ClO3. The van der Waals surface area contributed by atoms with Crippen LogP contribution in [0.15, 0.2) is 42.5 Å². The van der Waals surface area contributed by atoms with Crippen LogP contribution in [0.4, 0.5) is 0 Å². The van der Waals surface area contributed by atoms with Gasteiger partial charge in [-0.2, -0.15) is 0 Å². The first kappa shape index (κ1) is 15.1. The van der Waals surface area contributed by atoms with E-state index in [2.05, 4.69) is 0 Å². The molecule has 0 amide bonds. The lowest BCUT2D eigenvalue weighted by Crippen LogP contribution is -2.02. The second kappa shape index (κ2) is 6.46. The van der Waals surface area contributed by atoms with Crippen LogP contribution in [0.1, 0.15) is 16.7 Å². The summed E-state index contributed by atoms with van der Waals surface area (Å²) in [6.07, 6.45) is 1.56. The summed E-state index contributed by atoms with van der Waals surface area (Å²) in [7, 11) is 1.52. The van der Waals surface area contributed by atoms with Gasteiger partial charge in [0.15, 0.2) is 0 Å². The van der Waals surface area contributed by atoms with E-state index < -0.39 is 5.97 Å². The van der Waals surface area contributed by atoms with Crippen LogP contribution >= 0.6 is 11.6 Å². The Morgan fingerprint density at radius 1 is 1.24 bits per heavy atom. The minimum atomic E-state index is -1.03. The third-order valence-electron chi connectivity index (χ3n) is 3.08. The highest BCUT2D eigenvalue weighted by atomic mass is 35.5. The summed E-state index contributed by atoms with van der Waals surface area (Å²) in [6.45, 7) is 1.90. The first-order valence-corrected chi connectivity index (χ1v) is 6.75. The third kappa shape index (κ3) is 3.44. The van der Waals surface area contributed by atoms with E-state index in [0.29, 0.717) is 21.9 Å². The average Bonchev–Trinajstić information content (AvgIpc) is 2.46. The normalized spacial score (nSPS) is 11.3. The second-order valence-electron chi connectivity index (χ2n) is 4.59. The lowest BCUT2D eigenvalue weighted by Gasteiger charge is -2.11. The first-order valence-electron chi connectivity index (χ1n) is 6.37. The van der Waals surface area contributed by atoms with Crippen LogP contribution in [0.3, 0.4) is 0 Å². The van der Waals surface area contributed by atoms with E-state index >= 15 is 0 Å². The lowest BCUT2D eigenvalue weighted by molar-refractivity contribution is -0.130. The first-order chi connectivity index (χ1) is 10.0. The molecule has 0 aliphatic carbocycles. The molecule has 0 spiro atoms. The maximum Gasteiger partial charge on any atom is 0.336 e. The number of methoxy groups -OCH3 is 1. The number of ether oxygens (including phenoxy) is 1. The fourth-order valence-corrected chi connectivity index (χ4v) is 2.22. The van der Waals surface area contributed by atoms with Crippen molar-refractivity contribution in [2.24, 2.45) is 0 Å². The zero-order valence-corrected chi connectivity index (χ0v) is 12.5. The molecule has 4 heteroatoms. The summed E-state index contributed by atoms with van der Waals surface area (Å²) < 4.78 is 5.26. The van der Waals surface area contributed by atoms with Crippen molar-refractivity contribution in [3.05, 3.63) is 64.2 Å². The Kier molecular flexibility index (Phi) is 4.66. The summed E-state index contributed by atoms with van der Waals surface area (Å²) in [4.78, 5) is 11.6. The van der Waals surface area contributed by atoms with Gasteiger partial charge in [-0.1, -0.05) is 41.4 Å². The molecule has 0 heterocycles. The number of halogens is 1. The number of hydrogen-bond acceptors (Lipinski definition) is 2. The van der Waals surface area contributed by atoms with E-state index in [1.807, 2.05) is 19.1 Å². The van der Waals surface area contributed by atoms with Crippen LogP contribution in [-0.4, -0.2) is 18.2 Å². The second-order valence-corrected chi connectivity index (χ2v) is 5.00. The van der Waals surface area contributed by atoms with Gasteiger partial charge in [0.05, 0.1) is 12.7 Å².